The number of aliphatic hydroxyl groups is 1. The standard InChI is InChI=1S/C13H15F2N3O2S/c1-7-17-9(6-21-7)8-3-10(18(2)5-8)13(20)16-4-11(19)12(14)15/h3,5-6,11-12,19H,4H2,1-2H3,(H,16,20). The fraction of sp³-hybridized carbons (Fsp3) is 0.385. The van der Waals surface area contributed by atoms with Crippen molar-refractivity contribution in [1.82, 2.24) is 14.9 Å². The Morgan fingerprint density at radius 2 is 2.29 bits per heavy atom. The summed E-state index contributed by atoms with van der Waals surface area (Å²) in [4.78, 5) is 16.3. The van der Waals surface area contributed by atoms with Crippen LogP contribution in [0, 0.1) is 6.92 Å². The van der Waals surface area contributed by atoms with Crippen molar-refractivity contribution in [2.45, 2.75) is 19.5 Å². The lowest BCUT2D eigenvalue weighted by Crippen LogP contribution is -2.36. The van der Waals surface area contributed by atoms with E-state index in [0.29, 0.717) is 5.69 Å². The van der Waals surface area contributed by atoms with Crippen LogP contribution in [0.25, 0.3) is 11.3 Å². The first-order chi connectivity index (χ1) is 9.88. The average Bonchev–Trinajstić information content (AvgIpc) is 3.01. The molecule has 8 heteroatoms. The Morgan fingerprint density at radius 3 is 2.86 bits per heavy atom. The number of rotatable bonds is 5. The molecule has 0 radical (unpaired) electrons. The van der Waals surface area contributed by atoms with Gasteiger partial charge in [-0.2, -0.15) is 0 Å². The van der Waals surface area contributed by atoms with E-state index in [9.17, 15) is 13.6 Å². The molecule has 2 N–H and O–H groups in total. The number of aryl methyl sites for hydroxylation is 2. The maximum absolute atomic E-state index is 12.2. The first-order valence-electron chi connectivity index (χ1n) is 6.21. The minimum absolute atomic E-state index is 0.317. The summed E-state index contributed by atoms with van der Waals surface area (Å²) < 4.78 is 25.9. The van der Waals surface area contributed by atoms with Crippen LogP contribution in [0.3, 0.4) is 0 Å². The second-order valence-electron chi connectivity index (χ2n) is 4.59. The molecule has 2 heterocycles. The molecule has 0 fully saturated rings. The maximum atomic E-state index is 12.2. The Balaban J connectivity index is 2.10. The van der Waals surface area contributed by atoms with E-state index >= 15 is 0 Å². The minimum Gasteiger partial charge on any atom is -0.385 e. The molecule has 0 aliphatic heterocycles. The molecule has 114 valence electrons. The summed E-state index contributed by atoms with van der Waals surface area (Å²) in [5.74, 6) is -0.518. The van der Waals surface area contributed by atoms with Gasteiger partial charge in [-0.1, -0.05) is 0 Å². The summed E-state index contributed by atoms with van der Waals surface area (Å²) in [6.45, 7) is 1.39. The molecule has 0 aliphatic rings. The van der Waals surface area contributed by atoms with Crippen LogP contribution in [0.5, 0.6) is 0 Å². The molecule has 1 atom stereocenters. The van der Waals surface area contributed by atoms with Crippen molar-refractivity contribution >= 4 is 17.2 Å². The predicted octanol–water partition coefficient (Wildman–Crippen LogP) is 1.81. The van der Waals surface area contributed by atoms with E-state index in [-0.39, 0.29) is 0 Å². The topological polar surface area (TPSA) is 67.2 Å². The van der Waals surface area contributed by atoms with Gasteiger partial charge in [0.2, 0.25) is 0 Å². The zero-order chi connectivity index (χ0) is 15.6. The van der Waals surface area contributed by atoms with Crippen LogP contribution in [0.4, 0.5) is 8.78 Å². The Morgan fingerprint density at radius 1 is 1.57 bits per heavy atom. The average molecular weight is 315 g/mol. The van der Waals surface area contributed by atoms with Crippen molar-refractivity contribution < 1.29 is 18.7 Å². The molecule has 0 aliphatic carbocycles. The molecule has 2 rings (SSSR count). The van der Waals surface area contributed by atoms with E-state index in [2.05, 4.69) is 10.3 Å². The summed E-state index contributed by atoms with van der Waals surface area (Å²) in [6, 6.07) is 1.64. The summed E-state index contributed by atoms with van der Waals surface area (Å²) in [7, 11) is 1.68. The van der Waals surface area contributed by atoms with Crippen LogP contribution in [0.2, 0.25) is 0 Å². The number of nitrogens with one attached hydrogen (secondary N) is 1. The Hall–Kier alpha value is -1.80. The maximum Gasteiger partial charge on any atom is 0.268 e. The van der Waals surface area contributed by atoms with Crippen LogP contribution in [0.15, 0.2) is 17.6 Å². The number of amides is 1. The van der Waals surface area contributed by atoms with Gasteiger partial charge in [-0.25, -0.2) is 13.8 Å². The van der Waals surface area contributed by atoms with Crippen LogP contribution in [-0.4, -0.2) is 39.6 Å². The van der Waals surface area contributed by atoms with Gasteiger partial charge in [0.05, 0.1) is 10.7 Å². The molecule has 0 aromatic carbocycles. The molecule has 0 saturated carbocycles. The number of hydrogen-bond acceptors (Lipinski definition) is 4. The highest BCUT2D eigenvalue weighted by Gasteiger charge is 2.19. The van der Waals surface area contributed by atoms with E-state index in [1.54, 1.807) is 23.9 Å². The normalized spacial score (nSPS) is 12.7. The summed E-state index contributed by atoms with van der Waals surface area (Å²) in [5, 5.41) is 14.1. The fourth-order valence-corrected chi connectivity index (χ4v) is 2.43. The zero-order valence-corrected chi connectivity index (χ0v) is 12.3. The molecule has 2 aromatic heterocycles. The smallest absolute Gasteiger partial charge is 0.268 e. The number of aromatic nitrogens is 2. The number of hydrogen-bond donors (Lipinski definition) is 2. The Bertz CT molecular complexity index is 639. The molecule has 0 saturated heterocycles. The van der Waals surface area contributed by atoms with Gasteiger partial charge in [-0.3, -0.25) is 4.79 Å². The molecule has 1 amide bonds. The number of thiazole rings is 1. The van der Waals surface area contributed by atoms with Crippen LogP contribution >= 0.6 is 11.3 Å². The number of carbonyl (C=O) groups excluding carboxylic acids is 1. The lowest BCUT2D eigenvalue weighted by atomic mass is 10.2. The van der Waals surface area contributed by atoms with Gasteiger partial charge < -0.3 is 15.0 Å². The van der Waals surface area contributed by atoms with E-state index in [0.717, 1.165) is 16.3 Å². The van der Waals surface area contributed by atoms with Crippen LogP contribution in [0.1, 0.15) is 15.5 Å². The molecular formula is C13H15F2N3O2S. The van der Waals surface area contributed by atoms with E-state index < -0.39 is 25.0 Å². The van der Waals surface area contributed by atoms with Gasteiger partial charge in [0.25, 0.3) is 12.3 Å². The zero-order valence-electron chi connectivity index (χ0n) is 11.5. The fourth-order valence-electron chi connectivity index (χ4n) is 1.80. The van der Waals surface area contributed by atoms with E-state index in [1.165, 1.54) is 11.3 Å². The quantitative estimate of drug-likeness (QED) is 0.884. The van der Waals surface area contributed by atoms with Crippen LogP contribution in [-0.2, 0) is 7.05 Å². The summed E-state index contributed by atoms with van der Waals surface area (Å²) >= 11 is 1.50. The third-order valence-electron chi connectivity index (χ3n) is 2.91. The molecule has 1 unspecified atom stereocenters. The molecule has 0 spiro atoms. The highest BCUT2D eigenvalue weighted by molar-refractivity contribution is 7.09. The lowest BCUT2D eigenvalue weighted by molar-refractivity contribution is -0.00274. The lowest BCUT2D eigenvalue weighted by Gasteiger charge is -2.10. The van der Waals surface area contributed by atoms with E-state index in [1.807, 2.05) is 12.3 Å². The predicted molar refractivity (Wildman–Crippen MR) is 75.6 cm³/mol. The van der Waals surface area contributed by atoms with Gasteiger partial charge in [0, 0.05) is 30.7 Å². The molecule has 0 bridgehead atoms. The van der Waals surface area contributed by atoms with Gasteiger partial charge in [0.15, 0.2) is 0 Å². The Kier molecular flexibility index (Phi) is 4.69. The minimum atomic E-state index is -2.88. The molecule has 2 aromatic rings. The van der Waals surface area contributed by atoms with Gasteiger partial charge in [0.1, 0.15) is 11.8 Å². The highest BCUT2D eigenvalue weighted by atomic mass is 32.1. The number of nitrogens with zero attached hydrogens (tertiary/aromatic N) is 2. The largest absolute Gasteiger partial charge is 0.385 e. The van der Waals surface area contributed by atoms with Crippen molar-refractivity contribution in [3.8, 4) is 11.3 Å². The summed E-state index contributed by atoms with van der Waals surface area (Å²) in [5.41, 5.74) is 1.86. The number of alkyl halides is 2. The number of aliphatic hydroxyl groups excluding tert-OH is 1. The second-order valence-corrected chi connectivity index (χ2v) is 5.65. The van der Waals surface area contributed by atoms with Crippen molar-refractivity contribution in [3.63, 3.8) is 0 Å². The third-order valence-corrected chi connectivity index (χ3v) is 3.69. The van der Waals surface area contributed by atoms with Crippen molar-refractivity contribution in [1.29, 1.82) is 0 Å². The monoisotopic (exact) mass is 315 g/mol. The molecule has 21 heavy (non-hydrogen) atoms. The van der Waals surface area contributed by atoms with E-state index in [4.69, 9.17) is 5.11 Å². The van der Waals surface area contributed by atoms with Gasteiger partial charge in [-0.15, -0.1) is 11.3 Å². The molecule has 5 nitrogen and oxygen atoms in total. The SMILES string of the molecule is Cc1nc(-c2cc(C(=O)NCC(O)C(F)F)n(C)c2)cs1. The second kappa shape index (κ2) is 6.31. The van der Waals surface area contributed by atoms with Gasteiger partial charge >= 0.3 is 0 Å². The number of carbonyl (C=O) groups is 1. The third kappa shape index (κ3) is 3.64. The highest BCUT2D eigenvalue weighted by Crippen LogP contribution is 2.23. The molecular weight excluding hydrogens is 300 g/mol. The Labute approximate surface area is 124 Å². The first-order valence-corrected chi connectivity index (χ1v) is 7.09. The van der Waals surface area contributed by atoms with Crippen LogP contribution < -0.4 is 5.32 Å². The summed E-state index contributed by atoms with van der Waals surface area (Å²) in [6.07, 6.45) is -3.01. The van der Waals surface area contributed by atoms with Crippen molar-refractivity contribution in [3.05, 3.63) is 28.3 Å². The number of halogens is 2. The van der Waals surface area contributed by atoms with Gasteiger partial charge in [-0.05, 0) is 13.0 Å². The van der Waals surface area contributed by atoms with Crippen molar-refractivity contribution in [2.24, 2.45) is 7.05 Å². The first kappa shape index (κ1) is 15.6. The van der Waals surface area contributed by atoms with Crippen molar-refractivity contribution in [2.75, 3.05) is 6.54 Å².